The number of benzene rings is 2. The number of amides is 1. The van der Waals surface area contributed by atoms with Gasteiger partial charge in [0.2, 0.25) is 11.7 Å². The van der Waals surface area contributed by atoms with E-state index < -0.39 is 0 Å². The molecule has 0 aliphatic heterocycles. The zero-order valence-electron chi connectivity index (χ0n) is 16.9. The maximum absolute atomic E-state index is 12.0. The molecule has 0 aromatic heterocycles. The lowest BCUT2D eigenvalue weighted by Gasteiger charge is -2.12. The van der Waals surface area contributed by atoms with Crippen LogP contribution in [-0.4, -0.2) is 40.4 Å². The molecular formula is C22H26ClNO5. The summed E-state index contributed by atoms with van der Waals surface area (Å²) in [6.07, 6.45) is 4.82. The summed E-state index contributed by atoms with van der Waals surface area (Å²) < 4.78 is 21.5. The molecule has 6 nitrogen and oxygen atoms in total. The highest BCUT2D eigenvalue weighted by molar-refractivity contribution is 6.30. The minimum absolute atomic E-state index is 0.169. The second kappa shape index (κ2) is 11.9. The molecular weight excluding hydrogens is 394 g/mol. The summed E-state index contributed by atoms with van der Waals surface area (Å²) in [5.74, 6) is 2.20. The lowest BCUT2D eigenvalue weighted by atomic mass is 10.1. The Labute approximate surface area is 176 Å². The second-order valence-corrected chi connectivity index (χ2v) is 6.53. The number of ether oxygens (including phenoxy) is 4. The first-order valence-corrected chi connectivity index (χ1v) is 9.59. The number of halogens is 1. The van der Waals surface area contributed by atoms with E-state index in [4.69, 9.17) is 30.5 Å². The van der Waals surface area contributed by atoms with E-state index in [1.165, 1.54) is 6.08 Å². The first kappa shape index (κ1) is 22.4. The molecule has 156 valence electrons. The number of hydrogen-bond acceptors (Lipinski definition) is 5. The van der Waals surface area contributed by atoms with Crippen molar-refractivity contribution in [2.75, 3.05) is 34.5 Å². The van der Waals surface area contributed by atoms with Gasteiger partial charge in [-0.1, -0.05) is 11.6 Å². The Morgan fingerprint density at radius 2 is 1.66 bits per heavy atom. The largest absolute Gasteiger partial charge is 0.494 e. The maximum Gasteiger partial charge on any atom is 0.243 e. The summed E-state index contributed by atoms with van der Waals surface area (Å²) in [6, 6.07) is 10.8. The van der Waals surface area contributed by atoms with Gasteiger partial charge in [-0.3, -0.25) is 4.79 Å². The smallest absolute Gasteiger partial charge is 0.243 e. The van der Waals surface area contributed by atoms with Crippen molar-refractivity contribution < 1.29 is 23.7 Å². The van der Waals surface area contributed by atoms with Crippen LogP contribution in [0.4, 0.5) is 0 Å². The summed E-state index contributed by atoms with van der Waals surface area (Å²) in [6.45, 7) is 1.15. The van der Waals surface area contributed by atoms with Gasteiger partial charge >= 0.3 is 0 Å². The van der Waals surface area contributed by atoms with E-state index in [0.717, 1.165) is 24.2 Å². The first-order chi connectivity index (χ1) is 14.1. The third-order valence-electron chi connectivity index (χ3n) is 4.07. The number of unbranched alkanes of at least 4 members (excludes halogenated alkanes) is 1. The van der Waals surface area contributed by atoms with E-state index in [2.05, 4.69) is 5.32 Å². The van der Waals surface area contributed by atoms with Crippen LogP contribution in [0.25, 0.3) is 6.08 Å². The standard InChI is InChI=1S/C22H26ClNO5/c1-26-19-14-16(15-20(27-2)22(19)28-3)6-11-21(25)24-12-4-5-13-29-18-9-7-17(23)8-10-18/h6-11,14-15H,4-5,12-13H2,1-3H3,(H,24,25)/b11-6+. The molecule has 1 amide bonds. The minimum atomic E-state index is -0.169. The number of rotatable bonds is 11. The van der Waals surface area contributed by atoms with E-state index in [-0.39, 0.29) is 5.91 Å². The van der Waals surface area contributed by atoms with E-state index >= 15 is 0 Å². The Morgan fingerprint density at radius 1 is 1.00 bits per heavy atom. The highest BCUT2D eigenvalue weighted by atomic mass is 35.5. The van der Waals surface area contributed by atoms with E-state index in [1.807, 2.05) is 12.1 Å². The molecule has 0 unspecified atom stereocenters. The van der Waals surface area contributed by atoms with Gasteiger partial charge in [-0.25, -0.2) is 0 Å². The molecule has 7 heteroatoms. The maximum atomic E-state index is 12.0. The zero-order valence-corrected chi connectivity index (χ0v) is 17.6. The molecule has 0 saturated carbocycles. The van der Waals surface area contributed by atoms with Gasteiger partial charge in [-0.15, -0.1) is 0 Å². The number of carbonyl (C=O) groups is 1. The topological polar surface area (TPSA) is 66.0 Å². The minimum Gasteiger partial charge on any atom is -0.494 e. The van der Waals surface area contributed by atoms with Crippen molar-refractivity contribution in [3.05, 3.63) is 53.1 Å². The van der Waals surface area contributed by atoms with Crippen molar-refractivity contribution >= 4 is 23.6 Å². The quantitative estimate of drug-likeness (QED) is 0.433. The highest BCUT2D eigenvalue weighted by Gasteiger charge is 2.12. The number of carbonyl (C=O) groups excluding carboxylic acids is 1. The number of methoxy groups -OCH3 is 3. The van der Waals surface area contributed by atoms with Crippen LogP contribution in [0.3, 0.4) is 0 Å². The van der Waals surface area contributed by atoms with Crippen LogP contribution in [0.5, 0.6) is 23.0 Å². The van der Waals surface area contributed by atoms with Crippen molar-refractivity contribution in [2.24, 2.45) is 0 Å². The lowest BCUT2D eigenvalue weighted by molar-refractivity contribution is -0.116. The predicted octanol–water partition coefficient (Wildman–Crippen LogP) is 4.35. The molecule has 2 aromatic carbocycles. The van der Waals surface area contributed by atoms with Gasteiger partial charge in [0.05, 0.1) is 27.9 Å². The van der Waals surface area contributed by atoms with Crippen molar-refractivity contribution in [1.82, 2.24) is 5.32 Å². The van der Waals surface area contributed by atoms with Crippen LogP contribution in [0.15, 0.2) is 42.5 Å². The van der Waals surface area contributed by atoms with Gasteiger partial charge in [-0.05, 0) is 60.9 Å². The normalized spacial score (nSPS) is 10.6. The molecule has 0 heterocycles. The average molecular weight is 420 g/mol. The van der Waals surface area contributed by atoms with Crippen LogP contribution in [0.1, 0.15) is 18.4 Å². The van der Waals surface area contributed by atoms with Gasteiger partial charge < -0.3 is 24.3 Å². The summed E-state index contributed by atoms with van der Waals surface area (Å²) in [5, 5.41) is 3.53. The molecule has 0 fully saturated rings. The monoisotopic (exact) mass is 419 g/mol. The van der Waals surface area contributed by atoms with Crippen LogP contribution in [-0.2, 0) is 4.79 Å². The average Bonchev–Trinajstić information content (AvgIpc) is 2.74. The fraction of sp³-hybridized carbons (Fsp3) is 0.318. The fourth-order valence-electron chi connectivity index (χ4n) is 2.59. The van der Waals surface area contributed by atoms with Crippen molar-refractivity contribution in [3.8, 4) is 23.0 Å². The van der Waals surface area contributed by atoms with Crippen LogP contribution >= 0.6 is 11.6 Å². The van der Waals surface area contributed by atoms with Gasteiger partial charge in [0.25, 0.3) is 0 Å². The predicted molar refractivity (Wildman–Crippen MR) is 114 cm³/mol. The van der Waals surface area contributed by atoms with Crippen molar-refractivity contribution in [2.45, 2.75) is 12.8 Å². The Bertz CT molecular complexity index is 795. The van der Waals surface area contributed by atoms with Crippen molar-refractivity contribution in [1.29, 1.82) is 0 Å². The summed E-state index contributed by atoms with van der Waals surface area (Å²) >= 11 is 5.83. The molecule has 29 heavy (non-hydrogen) atoms. The molecule has 0 saturated heterocycles. The SMILES string of the molecule is COc1cc(/C=C/C(=O)NCCCCOc2ccc(Cl)cc2)cc(OC)c1OC. The first-order valence-electron chi connectivity index (χ1n) is 9.21. The Balaban J connectivity index is 1.74. The molecule has 0 aliphatic carbocycles. The summed E-state index contributed by atoms with van der Waals surface area (Å²) in [4.78, 5) is 12.0. The van der Waals surface area contributed by atoms with Crippen molar-refractivity contribution in [3.63, 3.8) is 0 Å². The summed E-state index contributed by atoms with van der Waals surface area (Å²) in [7, 11) is 4.64. The Morgan fingerprint density at radius 3 is 2.24 bits per heavy atom. The molecule has 0 radical (unpaired) electrons. The molecule has 0 atom stereocenters. The van der Waals surface area contributed by atoms with E-state index in [9.17, 15) is 4.79 Å². The lowest BCUT2D eigenvalue weighted by Crippen LogP contribution is -2.22. The molecule has 0 bridgehead atoms. The fourth-order valence-corrected chi connectivity index (χ4v) is 2.71. The van der Waals surface area contributed by atoms with Gasteiger partial charge in [0.15, 0.2) is 11.5 Å². The molecule has 0 spiro atoms. The van der Waals surface area contributed by atoms with Gasteiger partial charge in [0, 0.05) is 17.6 Å². The van der Waals surface area contributed by atoms with Crippen LogP contribution in [0.2, 0.25) is 5.02 Å². The Kier molecular flexibility index (Phi) is 9.18. The van der Waals surface area contributed by atoms with E-state index in [1.54, 1.807) is 51.7 Å². The van der Waals surface area contributed by atoms with E-state index in [0.29, 0.717) is 35.4 Å². The third kappa shape index (κ3) is 7.23. The van der Waals surface area contributed by atoms with Gasteiger partial charge in [-0.2, -0.15) is 0 Å². The van der Waals surface area contributed by atoms with Crippen LogP contribution in [0, 0.1) is 0 Å². The third-order valence-corrected chi connectivity index (χ3v) is 4.32. The summed E-state index contributed by atoms with van der Waals surface area (Å²) in [5.41, 5.74) is 0.769. The van der Waals surface area contributed by atoms with Crippen LogP contribution < -0.4 is 24.3 Å². The molecule has 2 aromatic rings. The number of nitrogens with one attached hydrogen (secondary N) is 1. The molecule has 1 N–H and O–H groups in total. The number of hydrogen-bond donors (Lipinski definition) is 1. The highest BCUT2D eigenvalue weighted by Crippen LogP contribution is 2.38. The Hall–Kier alpha value is -2.86. The molecule has 0 aliphatic rings. The second-order valence-electron chi connectivity index (χ2n) is 6.09. The molecule has 2 rings (SSSR count). The zero-order chi connectivity index (χ0) is 21.1. The van der Waals surface area contributed by atoms with Gasteiger partial charge in [0.1, 0.15) is 5.75 Å².